The average molecular weight is 267 g/mol. The van der Waals surface area contributed by atoms with E-state index in [4.69, 9.17) is 11.6 Å². The molecule has 2 unspecified atom stereocenters. The highest BCUT2D eigenvalue weighted by atomic mass is 35.5. The maximum atomic E-state index is 12.1. The Bertz CT molecular complexity index is 426. The van der Waals surface area contributed by atoms with Crippen LogP contribution in [0.4, 0.5) is 0 Å². The third-order valence-electron chi connectivity index (χ3n) is 3.50. The smallest absolute Gasteiger partial charge is 0.251 e. The van der Waals surface area contributed by atoms with E-state index >= 15 is 0 Å². The van der Waals surface area contributed by atoms with Gasteiger partial charge in [-0.05, 0) is 43.2 Å². The predicted octanol–water partition coefficient (Wildman–Crippen LogP) is 3.29. The first-order valence-electron chi connectivity index (χ1n) is 6.47. The topological polar surface area (TPSA) is 42.0 Å². The second-order valence-corrected chi connectivity index (χ2v) is 5.84. The zero-order valence-electron chi connectivity index (χ0n) is 10.8. The number of nitrogens with zero attached hydrogens (tertiary/aromatic N) is 1. The minimum absolute atomic E-state index is 0.0504. The van der Waals surface area contributed by atoms with Crippen molar-refractivity contribution in [1.82, 2.24) is 10.3 Å². The number of pyridine rings is 1. The molecule has 0 spiro atoms. The van der Waals surface area contributed by atoms with Gasteiger partial charge in [-0.1, -0.05) is 25.4 Å². The van der Waals surface area contributed by atoms with Crippen molar-refractivity contribution >= 4 is 17.5 Å². The van der Waals surface area contributed by atoms with Crippen molar-refractivity contribution in [2.24, 2.45) is 11.8 Å². The Hall–Kier alpha value is -1.09. The number of hydrogen-bond donors (Lipinski definition) is 1. The third-order valence-corrected chi connectivity index (χ3v) is 3.71. The van der Waals surface area contributed by atoms with Crippen molar-refractivity contribution in [2.45, 2.75) is 39.2 Å². The number of halogens is 1. The molecule has 1 aromatic rings. The van der Waals surface area contributed by atoms with Crippen LogP contribution in [0.1, 0.15) is 43.5 Å². The second kappa shape index (κ2) is 5.70. The molecule has 98 valence electrons. The summed E-state index contributed by atoms with van der Waals surface area (Å²) >= 11 is 5.79. The molecule has 0 aromatic carbocycles. The van der Waals surface area contributed by atoms with Crippen molar-refractivity contribution in [3.05, 3.63) is 29.0 Å². The van der Waals surface area contributed by atoms with E-state index in [1.165, 1.54) is 6.42 Å². The molecule has 1 aliphatic carbocycles. The molecule has 4 heteroatoms. The lowest BCUT2D eigenvalue weighted by Gasteiger charge is -2.31. The zero-order valence-corrected chi connectivity index (χ0v) is 11.6. The molecule has 0 bridgehead atoms. The molecule has 18 heavy (non-hydrogen) atoms. The standard InChI is InChI=1S/C14H19ClN2O/c1-9-5-10(2)7-12(6-9)17-14(18)11-3-4-16-13(15)8-11/h3-4,8-10,12H,5-7H2,1-2H3,(H,17,18). The fraction of sp³-hybridized carbons (Fsp3) is 0.571. The van der Waals surface area contributed by atoms with E-state index < -0.39 is 0 Å². The lowest BCUT2D eigenvalue weighted by Crippen LogP contribution is -2.40. The van der Waals surface area contributed by atoms with Crippen molar-refractivity contribution in [2.75, 3.05) is 0 Å². The van der Waals surface area contributed by atoms with Gasteiger partial charge in [-0.2, -0.15) is 0 Å². The molecule has 0 aliphatic heterocycles. The largest absolute Gasteiger partial charge is 0.349 e. The van der Waals surface area contributed by atoms with Gasteiger partial charge in [-0.15, -0.1) is 0 Å². The van der Waals surface area contributed by atoms with Gasteiger partial charge in [0.05, 0.1) is 0 Å². The number of amides is 1. The maximum Gasteiger partial charge on any atom is 0.251 e. The Labute approximate surface area is 113 Å². The Balaban J connectivity index is 1.99. The van der Waals surface area contributed by atoms with Crippen molar-refractivity contribution < 1.29 is 4.79 Å². The summed E-state index contributed by atoms with van der Waals surface area (Å²) < 4.78 is 0. The quantitative estimate of drug-likeness (QED) is 0.835. The van der Waals surface area contributed by atoms with Gasteiger partial charge in [0.15, 0.2) is 0 Å². The van der Waals surface area contributed by atoms with Crippen LogP contribution in [0.25, 0.3) is 0 Å². The van der Waals surface area contributed by atoms with Crippen LogP contribution in [0.3, 0.4) is 0 Å². The molecule has 2 rings (SSSR count). The van der Waals surface area contributed by atoms with Crippen molar-refractivity contribution in [1.29, 1.82) is 0 Å². The van der Waals surface area contributed by atoms with Crippen LogP contribution >= 0.6 is 11.6 Å². The number of carbonyl (C=O) groups is 1. The van der Waals surface area contributed by atoms with Crippen LogP contribution in [-0.4, -0.2) is 16.9 Å². The van der Waals surface area contributed by atoms with Gasteiger partial charge in [-0.25, -0.2) is 4.98 Å². The molecule has 0 saturated heterocycles. The van der Waals surface area contributed by atoms with Gasteiger partial charge >= 0.3 is 0 Å². The first-order valence-corrected chi connectivity index (χ1v) is 6.85. The minimum atomic E-state index is -0.0504. The van der Waals surface area contributed by atoms with E-state index in [0.717, 1.165) is 12.8 Å². The molecule has 2 atom stereocenters. The predicted molar refractivity (Wildman–Crippen MR) is 72.7 cm³/mol. The number of nitrogens with one attached hydrogen (secondary N) is 1. The Morgan fingerprint density at radius 2 is 2.00 bits per heavy atom. The highest BCUT2D eigenvalue weighted by Gasteiger charge is 2.25. The number of hydrogen-bond acceptors (Lipinski definition) is 2. The molecule has 1 fully saturated rings. The SMILES string of the molecule is CC1CC(C)CC(NC(=O)c2ccnc(Cl)c2)C1. The molecular formula is C14H19ClN2O. The average Bonchev–Trinajstić information content (AvgIpc) is 2.27. The normalized spacial score (nSPS) is 27.8. The maximum absolute atomic E-state index is 12.1. The zero-order chi connectivity index (χ0) is 13.1. The van der Waals surface area contributed by atoms with Crippen molar-refractivity contribution in [3.63, 3.8) is 0 Å². The van der Waals surface area contributed by atoms with Crippen molar-refractivity contribution in [3.8, 4) is 0 Å². The van der Waals surface area contributed by atoms with E-state index in [-0.39, 0.29) is 11.9 Å². The van der Waals surface area contributed by atoms with Crippen LogP contribution in [0.15, 0.2) is 18.3 Å². The molecule has 1 N–H and O–H groups in total. The number of carbonyl (C=O) groups excluding carboxylic acids is 1. The van der Waals surface area contributed by atoms with Crippen LogP contribution in [0.5, 0.6) is 0 Å². The molecule has 1 saturated carbocycles. The first kappa shape index (κ1) is 13.3. The minimum Gasteiger partial charge on any atom is -0.349 e. The highest BCUT2D eigenvalue weighted by molar-refractivity contribution is 6.29. The van der Waals surface area contributed by atoms with E-state index in [0.29, 0.717) is 22.6 Å². The molecule has 1 heterocycles. The van der Waals surface area contributed by atoms with Gasteiger partial charge in [0.1, 0.15) is 5.15 Å². The lowest BCUT2D eigenvalue weighted by molar-refractivity contribution is 0.0911. The Morgan fingerprint density at radius 1 is 1.33 bits per heavy atom. The number of aromatic nitrogens is 1. The highest BCUT2D eigenvalue weighted by Crippen LogP contribution is 2.28. The fourth-order valence-corrected chi connectivity index (χ4v) is 3.05. The number of rotatable bonds is 2. The summed E-state index contributed by atoms with van der Waals surface area (Å²) in [6, 6.07) is 3.58. The Kier molecular flexibility index (Phi) is 4.23. The summed E-state index contributed by atoms with van der Waals surface area (Å²) in [7, 11) is 0. The van der Waals surface area contributed by atoms with Gasteiger partial charge in [0.2, 0.25) is 0 Å². The summed E-state index contributed by atoms with van der Waals surface area (Å²) in [6.45, 7) is 4.50. The van der Waals surface area contributed by atoms with Crippen LogP contribution in [0, 0.1) is 11.8 Å². The molecule has 1 aliphatic rings. The van der Waals surface area contributed by atoms with Crippen LogP contribution in [0.2, 0.25) is 5.15 Å². The van der Waals surface area contributed by atoms with Gasteiger partial charge < -0.3 is 5.32 Å². The summed E-state index contributed by atoms with van der Waals surface area (Å²) in [5, 5.41) is 3.45. The fourth-order valence-electron chi connectivity index (χ4n) is 2.88. The monoisotopic (exact) mass is 266 g/mol. The summed E-state index contributed by atoms with van der Waals surface area (Å²) in [5.41, 5.74) is 0.584. The molecule has 1 amide bonds. The summed E-state index contributed by atoms with van der Waals surface area (Å²) in [4.78, 5) is 16.0. The van der Waals surface area contributed by atoms with E-state index in [9.17, 15) is 4.79 Å². The molecular weight excluding hydrogens is 248 g/mol. The molecule has 0 radical (unpaired) electrons. The Morgan fingerprint density at radius 3 is 2.61 bits per heavy atom. The van der Waals surface area contributed by atoms with Crippen LogP contribution < -0.4 is 5.32 Å². The van der Waals surface area contributed by atoms with E-state index in [1.54, 1.807) is 18.3 Å². The van der Waals surface area contributed by atoms with Gasteiger partial charge in [0, 0.05) is 17.8 Å². The second-order valence-electron chi connectivity index (χ2n) is 5.46. The summed E-state index contributed by atoms with van der Waals surface area (Å²) in [5.74, 6) is 1.31. The molecule has 1 aromatic heterocycles. The lowest BCUT2D eigenvalue weighted by atomic mass is 9.80. The van der Waals surface area contributed by atoms with Gasteiger partial charge in [-0.3, -0.25) is 4.79 Å². The summed E-state index contributed by atoms with van der Waals surface area (Å²) in [6.07, 6.45) is 4.95. The van der Waals surface area contributed by atoms with Crippen LogP contribution in [-0.2, 0) is 0 Å². The van der Waals surface area contributed by atoms with E-state index in [1.807, 2.05) is 0 Å². The molecule has 3 nitrogen and oxygen atoms in total. The first-order chi connectivity index (χ1) is 8.54. The third kappa shape index (κ3) is 3.45. The van der Waals surface area contributed by atoms with Gasteiger partial charge in [0.25, 0.3) is 5.91 Å². The van der Waals surface area contributed by atoms with E-state index in [2.05, 4.69) is 24.1 Å².